The van der Waals surface area contributed by atoms with Crippen molar-refractivity contribution in [1.29, 1.82) is 0 Å². The zero-order valence-corrected chi connectivity index (χ0v) is 13.3. The molecule has 0 fully saturated rings. The maximum atomic E-state index is 12.1. The monoisotopic (exact) mass is 327 g/mol. The summed E-state index contributed by atoms with van der Waals surface area (Å²) in [6.07, 6.45) is 0. The van der Waals surface area contributed by atoms with Gasteiger partial charge in [0.25, 0.3) is 0 Å². The van der Waals surface area contributed by atoms with Gasteiger partial charge in [-0.1, -0.05) is 30.3 Å². The highest BCUT2D eigenvalue weighted by Gasteiger charge is 2.16. The predicted octanol–water partition coefficient (Wildman–Crippen LogP) is -1.46. The summed E-state index contributed by atoms with van der Waals surface area (Å²) in [7, 11) is -3.76. The van der Waals surface area contributed by atoms with Crippen LogP contribution in [0.1, 0.15) is 12.5 Å². The fourth-order valence-corrected chi connectivity index (χ4v) is 2.74. The molecule has 0 saturated heterocycles. The van der Waals surface area contributed by atoms with E-state index in [1.165, 1.54) is 12.1 Å². The molecule has 2 N–H and O–H groups in total. The van der Waals surface area contributed by atoms with Crippen LogP contribution in [-0.4, -0.2) is 15.0 Å². The van der Waals surface area contributed by atoms with Crippen molar-refractivity contribution in [3.8, 4) is 5.75 Å². The molecular weight excluding hydrogens is 310 g/mol. The van der Waals surface area contributed by atoms with Gasteiger partial charge in [0.05, 0.1) is 6.54 Å². The van der Waals surface area contributed by atoms with Crippen LogP contribution in [0.3, 0.4) is 0 Å². The summed E-state index contributed by atoms with van der Waals surface area (Å²) in [6, 6.07) is 15.3. The molecule has 0 radical (unpaired) electrons. The van der Waals surface area contributed by atoms with Gasteiger partial charge in [-0.3, -0.25) is 0 Å². The Morgan fingerprint density at radius 1 is 1.05 bits per heavy atom. The van der Waals surface area contributed by atoms with Crippen LogP contribution in [0, 0.1) is 0 Å². The molecule has 0 heterocycles. The van der Waals surface area contributed by atoms with Crippen molar-refractivity contribution in [3.05, 3.63) is 60.2 Å². The standard InChI is InChI=1S/C15H17NO3S.ClH/c1-2-16-12-13-7-6-8-14(11-13)19-20(17,18)15-9-4-3-5-10-15;/h3-11,16H,2,12H2,1H3;1H. The smallest absolute Gasteiger partial charge is 0.339 e. The third-order valence-corrected chi connectivity index (χ3v) is 4.07. The SMILES string of the molecule is CC[NH2+]Cc1cccc(OS(=O)(=O)c2ccccc2)c1.[Cl-]. The first-order chi connectivity index (χ1) is 9.62. The van der Waals surface area contributed by atoms with E-state index in [2.05, 4.69) is 12.2 Å². The summed E-state index contributed by atoms with van der Waals surface area (Å²) >= 11 is 0. The minimum atomic E-state index is -3.76. The van der Waals surface area contributed by atoms with Crippen LogP contribution in [0.25, 0.3) is 0 Å². The normalized spacial score (nSPS) is 10.7. The van der Waals surface area contributed by atoms with Gasteiger partial charge in [-0.25, -0.2) is 0 Å². The molecule has 0 aliphatic heterocycles. The lowest BCUT2D eigenvalue weighted by molar-refractivity contribution is -0.667. The average molecular weight is 328 g/mol. The topological polar surface area (TPSA) is 60.0 Å². The lowest BCUT2D eigenvalue weighted by Crippen LogP contribution is -3.00. The van der Waals surface area contributed by atoms with Crippen molar-refractivity contribution < 1.29 is 30.3 Å². The minimum Gasteiger partial charge on any atom is -1.00 e. The zero-order valence-electron chi connectivity index (χ0n) is 11.7. The highest BCUT2D eigenvalue weighted by molar-refractivity contribution is 7.87. The molecule has 6 heteroatoms. The van der Waals surface area contributed by atoms with Crippen molar-refractivity contribution in [1.82, 2.24) is 0 Å². The lowest BCUT2D eigenvalue weighted by Gasteiger charge is -2.08. The van der Waals surface area contributed by atoms with E-state index in [1.54, 1.807) is 36.4 Å². The van der Waals surface area contributed by atoms with Crippen LogP contribution in [0.15, 0.2) is 59.5 Å². The molecule has 21 heavy (non-hydrogen) atoms. The van der Waals surface area contributed by atoms with Crippen molar-refractivity contribution >= 4 is 10.1 Å². The molecular formula is C15H18ClNO3S. The fraction of sp³-hybridized carbons (Fsp3) is 0.200. The maximum absolute atomic E-state index is 12.1. The van der Waals surface area contributed by atoms with Crippen LogP contribution in [0.2, 0.25) is 0 Å². The van der Waals surface area contributed by atoms with Crippen molar-refractivity contribution in [2.45, 2.75) is 18.4 Å². The highest BCUT2D eigenvalue weighted by Crippen LogP contribution is 2.19. The number of rotatable bonds is 6. The Balaban J connectivity index is 0.00000220. The molecule has 114 valence electrons. The van der Waals surface area contributed by atoms with Crippen molar-refractivity contribution in [3.63, 3.8) is 0 Å². The number of quaternary nitrogens is 1. The van der Waals surface area contributed by atoms with Gasteiger partial charge < -0.3 is 21.9 Å². The van der Waals surface area contributed by atoms with Crippen molar-refractivity contribution in [2.24, 2.45) is 0 Å². The Bertz CT molecular complexity index is 660. The van der Waals surface area contributed by atoms with E-state index in [0.717, 1.165) is 18.7 Å². The molecule has 0 aliphatic carbocycles. The van der Waals surface area contributed by atoms with Gasteiger partial charge in [-0.2, -0.15) is 8.42 Å². The molecule has 0 amide bonds. The second-order valence-electron chi connectivity index (χ2n) is 4.40. The first kappa shape index (κ1) is 17.5. The largest absolute Gasteiger partial charge is 1.00 e. The maximum Gasteiger partial charge on any atom is 0.339 e. The summed E-state index contributed by atoms with van der Waals surface area (Å²) in [5.74, 6) is 0.343. The van der Waals surface area contributed by atoms with Gasteiger partial charge in [0.2, 0.25) is 0 Å². The summed E-state index contributed by atoms with van der Waals surface area (Å²) in [6.45, 7) is 3.85. The summed E-state index contributed by atoms with van der Waals surface area (Å²) < 4.78 is 29.4. The van der Waals surface area contributed by atoms with E-state index < -0.39 is 10.1 Å². The highest BCUT2D eigenvalue weighted by atomic mass is 35.5. The predicted molar refractivity (Wildman–Crippen MR) is 76.9 cm³/mol. The Labute approximate surface area is 131 Å². The van der Waals surface area contributed by atoms with E-state index in [0.29, 0.717) is 5.75 Å². The van der Waals surface area contributed by atoms with Gasteiger partial charge in [0.15, 0.2) is 0 Å². The number of benzene rings is 2. The molecule has 0 spiro atoms. The van der Waals surface area contributed by atoms with E-state index >= 15 is 0 Å². The van der Waals surface area contributed by atoms with Crippen LogP contribution >= 0.6 is 0 Å². The van der Waals surface area contributed by atoms with E-state index in [4.69, 9.17) is 4.18 Å². The summed E-state index contributed by atoms with van der Waals surface area (Å²) in [5, 5.41) is 2.13. The van der Waals surface area contributed by atoms with Crippen LogP contribution in [0.4, 0.5) is 0 Å². The summed E-state index contributed by atoms with van der Waals surface area (Å²) in [4.78, 5) is 0.158. The van der Waals surface area contributed by atoms with Gasteiger partial charge in [0, 0.05) is 5.56 Å². The fourth-order valence-electron chi connectivity index (χ4n) is 1.80. The molecule has 0 saturated carbocycles. The van der Waals surface area contributed by atoms with E-state index in [-0.39, 0.29) is 17.3 Å². The van der Waals surface area contributed by atoms with Crippen LogP contribution in [-0.2, 0) is 16.7 Å². The molecule has 2 rings (SSSR count). The number of nitrogens with two attached hydrogens (primary N) is 1. The van der Waals surface area contributed by atoms with Crippen molar-refractivity contribution in [2.75, 3.05) is 6.54 Å². The zero-order chi connectivity index (χ0) is 14.4. The molecule has 0 aliphatic rings. The Morgan fingerprint density at radius 2 is 1.76 bits per heavy atom. The Morgan fingerprint density at radius 3 is 2.43 bits per heavy atom. The second-order valence-corrected chi connectivity index (χ2v) is 5.95. The van der Waals surface area contributed by atoms with Gasteiger partial charge in [0.1, 0.15) is 17.2 Å². The van der Waals surface area contributed by atoms with Crippen LogP contribution < -0.4 is 21.9 Å². The molecule has 0 aromatic heterocycles. The molecule has 0 atom stereocenters. The van der Waals surface area contributed by atoms with Gasteiger partial charge in [-0.15, -0.1) is 0 Å². The number of hydrogen-bond donors (Lipinski definition) is 1. The first-order valence-corrected chi connectivity index (χ1v) is 7.93. The Hall–Kier alpha value is -1.56. The molecule has 4 nitrogen and oxygen atoms in total. The molecule has 2 aromatic carbocycles. The number of hydrogen-bond acceptors (Lipinski definition) is 3. The third kappa shape index (κ3) is 5.04. The third-order valence-electron chi connectivity index (χ3n) is 2.80. The summed E-state index contributed by atoms with van der Waals surface area (Å²) in [5.41, 5.74) is 1.03. The average Bonchev–Trinajstić information content (AvgIpc) is 2.46. The van der Waals surface area contributed by atoms with Crippen LogP contribution in [0.5, 0.6) is 5.75 Å². The quantitative estimate of drug-likeness (QED) is 0.660. The molecule has 0 bridgehead atoms. The number of halogens is 1. The molecule has 0 unspecified atom stereocenters. The van der Waals surface area contributed by atoms with Gasteiger partial charge in [-0.05, 0) is 31.2 Å². The minimum absolute atomic E-state index is 0. The second kappa shape index (κ2) is 8.02. The molecule has 2 aromatic rings. The van der Waals surface area contributed by atoms with E-state index in [9.17, 15) is 8.42 Å². The van der Waals surface area contributed by atoms with Gasteiger partial charge >= 0.3 is 10.1 Å². The first-order valence-electron chi connectivity index (χ1n) is 6.52. The lowest BCUT2D eigenvalue weighted by atomic mass is 10.2. The Kier molecular flexibility index (Phi) is 6.68. The van der Waals surface area contributed by atoms with E-state index in [1.807, 2.05) is 6.07 Å².